The van der Waals surface area contributed by atoms with Crippen molar-refractivity contribution in [3.63, 3.8) is 0 Å². The molecule has 0 aliphatic carbocycles. The van der Waals surface area contributed by atoms with E-state index in [1.807, 2.05) is 44.2 Å². The summed E-state index contributed by atoms with van der Waals surface area (Å²) in [6.45, 7) is 4.09. The van der Waals surface area contributed by atoms with Crippen molar-refractivity contribution < 1.29 is 14.6 Å². The number of aliphatic hydroxyl groups excluding tert-OH is 1. The molecule has 0 saturated heterocycles. The number of carbonyl (C=O) groups is 1. The van der Waals surface area contributed by atoms with Crippen molar-refractivity contribution in [1.29, 1.82) is 0 Å². The van der Waals surface area contributed by atoms with E-state index in [1.54, 1.807) is 19.4 Å². The Balaban J connectivity index is 2.30. The lowest BCUT2D eigenvalue weighted by Crippen LogP contribution is -2.50. The lowest BCUT2D eigenvalue weighted by Gasteiger charge is -2.30. The Kier molecular flexibility index (Phi) is 6.06. The Morgan fingerprint density at radius 2 is 2.08 bits per heavy atom. The first-order valence-corrected chi connectivity index (χ1v) is 7.94. The highest BCUT2D eigenvalue weighted by molar-refractivity contribution is 5.97. The minimum atomic E-state index is -0.617. The van der Waals surface area contributed by atoms with Crippen molar-refractivity contribution in [2.45, 2.75) is 25.8 Å². The summed E-state index contributed by atoms with van der Waals surface area (Å²) in [6, 6.07) is 11.3. The van der Waals surface area contributed by atoms with Crippen LogP contribution in [0.25, 0.3) is 11.3 Å². The molecule has 0 radical (unpaired) electrons. The Morgan fingerprint density at radius 3 is 2.71 bits per heavy atom. The van der Waals surface area contributed by atoms with Gasteiger partial charge in [-0.25, -0.2) is 0 Å². The van der Waals surface area contributed by atoms with E-state index >= 15 is 0 Å². The number of benzene rings is 1. The maximum Gasteiger partial charge on any atom is 0.252 e. The van der Waals surface area contributed by atoms with Gasteiger partial charge in [0.2, 0.25) is 0 Å². The van der Waals surface area contributed by atoms with Crippen LogP contribution in [0.5, 0.6) is 0 Å². The van der Waals surface area contributed by atoms with Gasteiger partial charge in [-0.1, -0.05) is 18.2 Å². The number of rotatable bonds is 7. The highest BCUT2D eigenvalue weighted by Crippen LogP contribution is 2.24. The van der Waals surface area contributed by atoms with Crippen LogP contribution >= 0.6 is 0 Å². The molecule has 2 N–H and O–H groups in total. The molecule has 5 heteroatoms. The number of nitrogens with one attached hydrogen (secondary N) is 1. The third-order valence-electron chi connectivity index (χ3n) is 4.06. The van der Waals surface area contributed by atoms with Crippen LogP contribution in [0.15, 0.2) is 42.6 Å². The van der Waals surface area contributed by atoms with Crippen LogP contribution in [0.2, 0.25) is 0 Å². The molecule has 5 nitrogen and oxygen atoms in total. The number of hydrogen-bond donors (Lipinski definition) is 2. The van der Waals surface area contributed by atoms with Gasteiger partial charge in [-0.3, -0.25) is 9.78 Å². The van der Waals surface area contributed by atoms with E-state index in [4.69, 9.17) is 4.74 Å². The first-order chi connectivity index (χ1) is 11.5. The lowest BCUT2D eigenvalue weighted by atomic mass is 9.96. The molecule has 128 valence electrons. The summed E-state index contributed by atoms with van der Waals surface area (Å²) in [5.74, 6) is -0.182. The first-order valence-electron chi connectivity index (χ1n) is 7.94. The van der Waals surface area contributed by atoms with Gasteiger partial charge in [-0.05, 0) is 44.0 Å². The zero-order valence-electron chi connectivity index (χ0n) is 14.4. The number of hydrogen-bond acceptors (Lipinski definition) is 4. The fourth-order valence-corrected chi connectivity index (χ4v) is 2.76. The summed E-state index contributed by atoms with van der Waals surface area (Å²) in [7, 11) is 1.58. The minimum Gasteiger partial charge on any atom is -0.396 e. The van der Waals surface area contributed by atoms with Gasteiger partial charge in [0, 0.05) is 31.0 Å². The second kappa shape index (κ2) is 8.04. The zero-order valence-corrected chi connectivity index (χ0v) is 14.4. The van der Waals surface area contributed by atoms with Crippen molar-refractivity contribution >= 4 is 5.91 Å². The maximum absolute atomic E-state index is 12.7. The fraction of sp³-hybridized carbons (Fsp3) is 0.368. The van der Waals surface area contributed by atoms with Crippen LogP contribution in [-0.2, 0) is 4.74 Å². The molecule has 1 heterocycles. The van der Waals surface area contributed by atoms with Crippen LogP contribution < -0.4 is 5.32 Å². The largest absolute Gasteiger partial charge is 0.396 e. The number of nitrogens with zero attached hydrogens (tertiary/aromatic N) is 1. The highest BCUT2D eigenvalue weighted by atomic mass is 16.5. The Bertz CT molecular complexity index is 680. The van der Waals surface area contributed by atoms with E-state index in [9.17, 15) is 9.90 Å². The number of aliphatic hydroxyl groups is 1. The molecule has 0 saturated carbocycles. The Labute approximate surface area is 142 Å². The van der Waals surface area contributed by atoms with E-state index in [0.717, 1.165) is 16.8 Å². The van der Waals surface area contributed by atoms with Crippen molar-refractivity contribution in [1.82, 2.24) is 10.3 Å². The summed E-state index contributed by atoms with van der Waals surface area (Å²) in [5.41, 5.74) is 2.61. The second-order valence-electron chi connectivity index (χ2n) is 6.11. The van der Waals surface area contributed by atoms with Gasteiger partial charge < -0.3 is 15.2 Å². The molecular weight excluding hydrogens is 304 g/mol. The van der Waals surface area contributed by atoms with Crippen molar-refractivity contribution in [3.8, 4) is 11.3 Å². The summed E-state index contributed by atoms with van der Waals surface area (Å²) < 4.78 is 5.18. The lowest BCUT2D eigenvalue weighted by molar-refractivity contribution is 0.0725. The van der Waals surface area contributed by atoms with Crippen LogP contribution in [0.3, 0.4) is 0 Å². The monoisotopic (exact) mass is 328 g/mol. The van der Waals surface area contributed by atoms with Crippen molar-refractivity contribution in [2.75, 3.05) is 20.3 Å². The third kappa shape index (κ3) is 4.19. The standard InChI is InChI=1S/C19H24N2O3/c1-14-15(17-9-4-5-11-20-17)7-6-8-16(14)18(23)21-19(2,10-12-22)13-24-3/h4-9,11,22H,10,12-13H2,1-3H3,(H,21,23). The first kappa shape index (κ1) is 18.1. The molecular formula is C19H24N2O3. The van der Waals surface area contributed by atoms with Gasteiger partial charge in [0.1, 0.15) is 0 Å². The molecule has 1 amide bonds. The molecule has 2 aromatic rings. The Morgan fingerprint density at radius 1 is 1.29 bits per heavy atom. The summed E-state index contributed by atoms with van der Waals surface area (Å²) in [4.78, 5) is 17.1. The number of aromatic nitrogens is 1. The molecule has 0 aliphatic rings. The predicted molar refractivity (Wildman–Crippen MR) is 93.9 cm³/mol. The van der Waals surface area contributed by atoms with Gasteiger partial charge in [-0.2, -0.15) is 0 Å². The average Bonchev–Trinajstić information content (AvgIpc) is 2.56. The Hall–Kier alpha value is -2.24. The van der Waals surface area contributed by atoms with Crippen molar-refractivity contribution in [3.05, 3.63) is 53.7 Å². The van der Waals surface area contributed by atoms with E-state index in [2.05, 4.69) is 10.3 Å². The van der Waals surface area contributed by atoms with Crippen molar-refractivity contribution in [2.24, 2.45) is 0 Å². The van der Waals surface area contributed by atoms with Gasteiger partial charge in [0.15, 0.2) is 0 Å². The normalized spacial score (nSPS) is 13.3. The quantitative estimate of drug-likeness (QED) is 0.819. The van der Waals surface area contributed by atoms with Gasteiger partial charge in [0.25, 0.3) is 5.91 Å². The van der Waals surface area contributed by atoms with E-state index in [1.165, 1.54) is 0 Å². The van der Waals surface area contributed by atoms with Crippen LogP contribution in [0, 0.1) is 6.92 Å². The van der Waals surface area contributed by atoms with E-state index in [-0.39, 0.29) is 12.5 Å². The SMILES string of the molecule is COCC(C)(CCO)NC(=O)c1cccc(-c2ccccn2)c1C. The molecule has 0 fully saturated rings. The average molecular weight is 328 g/mol. The molecule has 0 aliphatic heterocycles. The van der Waals surface area contributed by atoms with E-state index in [0.29, 0.717) is 18.6 Å². The molecule has 2 rings (SSSR count). The number of amides is 1. The molecule has 0 bridgehead atoms. The topological polar surface area (TPSA) is 71.5 Å². The van der Waals surface area contributed by atoms with Crippen LogP contribution in [0.4, 0.5) is 0 Å². The predicted octanol–water partition coefficient (Wildman–Crippen LogP) is 2.57. The molecule has 24 heavy (non-hydrogen) atoms. The molecule has 1 aromatic heterocycles. The maximum atomic E-state index is 12.7. The molecule has 1 unspecified atom stereocenters. The molecule has 1 aromatic carbocycles. The molecule has 0 spiro atoms. The van der Waals surface area contributed by atoms with Gasteiger partial charge in [0.05, 0.1) is 17.8 Å². The van der Waals surface area contributed by atoms with E-state index < -0.39 is 5.54 Å². The molecule has 1 atom stereocenters. The summed E-state index contributed by atoms with van der Waals surface area (Å²) >= 11 is 0. The van der Waals surface area contributed by atoms with Gasteiger partial charge in [-0.15, -0.1) is 0 Å². The fourth-order valence-electron chi connectivity index (χ4n) is 2.76. The van der Waals surface area contributed by atoms with Crippen LogP contribution in [-0.4, -0.2) is 41.9 Å². The summed E-state index contributed by atoms with van der Waals surface area (Å²) in [6.07, 6.45) is 2.16. The number of ether oxygens (including phenoxy) is 1. The third-order valence-corrected chi connectivity index (χ3v) is 4.06. The smallest absolute Gasteiger partial charge is 0.252 e. The number of pyridine rings is 1. The van der Waals surface area contributed by atoms with Crippen LogP contribution in [0.1, 0.15) is 29.3 Å². The second-order valence-corrected chi connectivity index (χ2v) is 6.11. The minimum absolute atomic E-state index is 0.0207. The number of methoxy groups -OCH3 is 1. The highest BCUT2D eigenvalue weighted by Gasteiger charge is 2.27. The summed E-state index contributed by atoms with van der Waals surface area (Å²) in [5, 5.41) is 12.2. The number of carbonyl (C=O) groups excluding carboxylic acids is 1. The van der Waals surface area contributed by atoms with Gasteiger partial charge >= 0.3 is 0 Å². The zero-order chi connectivity index (χ0) is 17.6.